The molecule has 0 aromatic heterocycles. The first kappa shape index (κ1) is 6.59. The van der Waals surface area contributed by atoms with Crippen LogP contribution < -0.4 is 4.74 Å². The molecule has 0 amide bonds. The fourth-order valence-electron chi connectivity index (χ4n) is 0.591. The van der Waals surface area contributed by atoms with Crippen molar-refractivity contribution in [3.05, 3.63) is 36.6 Å². The van der Waals surface area contributed by atoms with Crippen molar-refractivity contribution in [2.24, 2.45) is 0 Å². The summed E-state index contributed by atoms with van der Waals surface area (Å²) in [5.74, 6) is 2.16. The van der Waals surface area contributed by atoms with Crippen molar-refractivity contribution in [2.45, 2.75) is 0 Å². The highest BCUT2D eigenvalue weighted by atomic mass is 16.5. The zero-order valence-electron chi connectivity index (χ0n) is 5.28. The van der Waals surface area contributed by atoms with Crippen LogP contribution in [0.3, 0.4) is 0 Å². The second kappa shape index (κ2) is 3.49. The lowest BCUT2D eigenvalue weighted by Crippen LogP contribution is -1.79. The van der Waals surface area contributed by atoms with Gasteiger partial charge in [-0.2, -0.15) is 0 Å². The van der Waals surface area contributed by atoms with Crippen molar-refractivity contribution < 1.29 is 9.53 Å². The Balaban J connectivity index is 2.67. The Bertz CT molecular complexity index is 235. The molecule has 50 valence electrons. The molecular weight excluding hydrogens is 128 g/mol. The summed E-state index contributed by atoms with van der Waals surface area (Å²) in [6, 6.07) is 9.04. The average Bonchev–Trinajstić information content (AvgIpc) is 2.03. The summed E-state index contributed by atoms with van der Waals surface area (Å²) in [5, 5.41) is 0. The third kappa shape index (κ3) is 1.77. The molecule has 0 N–H and O–H groups in total. The summed E-state index contributed by atoms with van der Waals surface area (Å²) < 4.78 is 4.81. The van der Waals surface area contributed by atoms with Crippen LogP contribution in [0.2, 0.25) is 0 Å². The first-order chi connectivity index (χ1) is 4.93. The molecule has 0 atom stereocenters. The van der Waals surface area contributed by atoms with Gasteiger partial charge in [0, 0.05) is 0 Å². The van der Waals surface area contributed by atoms with Crippen molar-refractivity contribution in [1.29, 1.82) is 0 Å². The van der Waals surface area contributed by atoms with E-state index in [1.54, 1.807) is 12.1 Å². The van der Waals surface area contributed by atoms with E-state index in [9.17, 15) is 4.79 Å². The minimum atomic E-state index is 0.644. The highest BCUT2D eigenvalue weighted by molar-refractivity contribution is 5.43. The van der Waals surface area contributed by atoms with Gasteiger partial charge < -0.3 is 4.74 Å². The standard InChI is InChI=1S/C8H6O2/c9-6-7-10-8-4-2-1-3-5-8/h1-5,7H. The molecule has 2 heteroatoms. The van der Waals surface area contributed by atoms with Crippen molar-refractivity contribution in [3.63, 3.8) is 0 Å². The predicted molar refractivity (Wildman–Crippen MR) is 37.3 cm³/mol. The number of hydrogen-bond donors (Lipinski definition) is 0. The van der Waals surface area contributed by atoms with E-state index in [4.69, 9.17) is 4.74 Å². The molecule has 0 unspecified atom stereocenters. The van der Waals surface area contributed by atoms with Gasteiger partial charge in [-0.3, -0.25) is 0 Å². The summed E-state index contributed by atoms with van der Waals surface area (Å²) in [6.45, 7) is 0. The van der Waals surface area contributed by atoms with Crippen molar-refractivity contribution in [2.75, 3.05) is 0 Å². The zero-order valence-corrected chi connectivity index (χ0v) is 5.28. The van der Waals surface area contributed by atoms with Crippen molar-refractivity contribution >= 4 is 5.94 Å². The lowest BCUT2D eigenvalue weighted by Gasteiger charge is -1.93. The largest absolute Gasteiger partial charge is 0.453 e. The highest BCUT2D eigenvalue weighted by Gasteiger charge is 1.83. The molecule has 0 radical (unpaired) electrons. The second-order valence-electron chi connectivity index (χ2n) is 1.67. The average molecular weight is 134 g/mol. The van der Waals surface area contributed by atoms with Crippen LogP contribution in [0.25, 0.3) is 0 Å². The number of para-hydroxylation sites is 1. The van der Waals surface area contributed by atoms with Crippen LogP contribution in [0, 0.1) is 0 Å². The Hall–Kier alpha value is -1.53. The maximum atomic E-state index is 9.67. The monoisotopic (exact) mass is 134 g/mol. The number of benzene rings is 1. The van der Waals surface area contributed by atoms with E-state index >= 15 is 0 Å². The first-order valence-corrected chi connectivity index (χ1v) is 2.84. The Morgan fingerprint density at radius 1 is 1.30 bits per heavy atom. The second-order valence-corrected chi connectivity index (χ2v) is 1.67. The predicted octanol–water partition coefficient (Wildman–Crippen LogP) is 1.41. The number of hydrogen-bond acceptors (Lipinski definition) is 2. The molecule has 1 aromatic carbocycles. The van der Waals surface area contributed by atoms with E-state index in [2.05, 4.69) is 0 Å². The lowest BCUT2D eigenvalue weighted by atomic mass is 10.3. The summed E-state index contributed by atoms with van der Waals surface area (Å²) in [6.07, 6.45) is 0.981. The van der Waals surface area contributed by atoms with Gasteiger partial charge in [-0.1, -0.05) is 18.2 Å². The van der Waals surface area contributed by atoms with E-state index in [-0.39, 0.29) is 0 Å². The van der Waals surface area contributed by atoms with E-state index in [0.29, 0.717) is 5.75 Å². The molecule has 0 saturated carbocycles. The van der Waals surface area contributed by atoms with Gasteiger partial charge in [0.25, 0.3) is 0 Å². The quantitative estimate of drug-likeness (QED) is 0.451. The summed E-state index contributed by atoms with van der Waals surface area (Å²) in [4.78, 5) is 9.67. The minimum Gasteiger partial charge on any atom is -0.453 e. The van der Waals surface area contributed by atoms with E-state index in [1.807, 2.05) is 18.2 Å². The fraction of sp³-hybridized carbons (Fsp3) is 0. The molecule has 1 aromatic rings. The fourth-order valence-corrected chi connectivity index (χ4v) is 0.591. The molecule has 10 heavy (non-hydrogen) atoms. The lowest BCUT2D eigenvalue weighted by molar-refractivity contribution is 0.476. The molecule has 1 rings (SSSR count). The molecule has 0 spiro atoms. The number of carbonyl (C=O) groups excluding carboxylic acids is 1. The van der Waals surface area contributed by atoms with Gasteiger partial charge in [0.1, 0.15) is 5.75 Å². The molecule has 0 aliphatic heterocycles. The van der Waals surface area contributed by atoms with E-state index < -0.39 is 0 Å². The topological polar surface area (TPSA) is 26.3 Å². The van der Waals surface area contributed by atoms with Crippen molar-refractivity contribution in [1.82, 2.24) is 0 Å². The minimum absolute atomic E-state index is 0.644. The van der Waals surface area contributed by atoms with Gasteiger partial charge in [-0.25, -0.2) is 4.79 Å². The SMILES string of the molecule is O=C=COc1ccccc1. The van der Waals surface area contributed by atoms with Crippen LogP contribution in [0.15, 0.2) is 36.6 Å². The van der Waals surface area contributed by atoms with Gasteiger partial charge in [0.05, 0.1) is 0 Å². The Labute approximate surface area is 58.7 Å². The Morgan fingerprint density at radius 2 is 2.00 bits per heavy atom. The molecule has 0 fully saturated rings. The van der Waals surface area contributed by atoms with Gasteiger partial charge in [-0.05, 0) is 12.1 Å². The van der Waals surface area contributed by atoms with Gasteiger partial charge in [0.15, 0.2) is 12.2 Å². The number of ether oxygens (including phenoxy) is 1. The summed E-state index contributed by atoms with van der Waals surface area (Å²) in [5.41, 5.74) is 0. The molecular formula is C8H6O2. The van der Waals surface area contributed by atoms with Gasteiger partial charge in [0.2, 0.25) is 0 Å². The van der Waals surface area contributed by atoms with Crippen LogP contribution in [0.5, 0.6) is 5.75 Å². The number of rotatable bonds is 2. The maximum absolute atomic E-state index is 9.67. The third-order valence-corrected chi connectivity index (χ3v) is 0.986. The van der Waals surface area contributed by atoms with E-state index in [1.165, 1.54) is 5.94 Å². The molecule has 0 bridgehead atoms. The van der Waals surface area contributed by atoms with Crippen LogP contribution in [-0.4, -0.2) is 5.94 Å². The van der Waals surface area contributed by atoms with Crippen LogP contribution >= 0.6 is 0 Å². The smallest absolute Gasteiger partial charge is 0.174 e. The van der Waals surface area contributed by atoms with Crippen molar-refractivity contribution in [3.8, 4) is 5.75 Å². The van der Waals surface area contributed by atoms with Crippen LogP contribution in [0.4, 0.5) is 0 Å². The highest BCUT2D eigenvalue weighted by Crippen LogP contribution is 2.07. The molecule has 0 heterocycles. The molecule has 2 nitrogen and oxygen atoms in total. The zero-order chi connectivity index (χ0) is 7.23. The summed E-state index contributed by atoms with van der Waals surface area (Å²) in [7, 11) is 0. The Morgan fingerprint density at radius 3 is 2.60 bits per heavy atom. The first-order valence-electron chi connectivity index (χ1n) is 2.84. The third-order valence-electron chi connectivity index (χ3n) is 0.986. The summed E-state index contributed by atoms with van der Waals surface area (Å²) >= 11 is 0. The van der Waals surface area contributed by atoms with Crippen LogP contribution in [-0.2, 0) is 4.79 Å². The molecule has 0 saturated heterocycles. The molecule has 0 aliphatic carbocycles. The Kier molecular flexibility index (Phi) is 2.30. The van der Waals surface area contributed by atoms with Crippen LogP contribution in [0.1, 0.15) is 0 Å². The van der Waals surface area contributed by atoms with E-state index in [0.717, 1.165) is 6.26 Å². The van der Waals surface area contributed by atoms with Gasteiger partial charge >= 0.3 is 0 Å². The maximum Gasteiger partial charge on any atom is 0.174 e. The van der Waals surface area contributed by atoms with Gasteiger partial charge in [-0.15, -0.1) is 0 Å². The normalized spacial score (nSPS) is 8.00. The molecule has 0 aliphatic rings.